The van der Waals surface area contributed by atoms with Crippen LogP contribution in [0.3, 0.4) is 0 Å². The minimum absolute atomic E-state index is 0.178. The fourth-order valence-corrected chi connectivity index (χ4v) is 0.947. The van der Waals surface area contributed by atoms with Crippen molar-refractivity contribution < 1.29 is 9.90 Å². The molecule has 0 rings (SSSR count). The second-order valence-corrected chi connectivity index (χ2v) is 2.78. The van der Waals surface area contributed by atoms with Gasteiger partial charge in [0, 0.05) is 25.9 Å². The zero-order valence-corrected chi connectivity index (χ0v) is 7.38. The zero-order valence-electron chi connectivity index (χ0n) is 7.38. The van der Waals surface area contributed by atoms with Gasteiger partial charge in [-0.3, -0.25) is 4.79 Å². The second kappa shape index (κ2) is 8.29. The van der Waals surface area contributed by atoms with Crippen molar-refractivity contribution in [1.82, 2.24) is 0 Å². The Kier molecular flexibility index (Phi) is 7.73. The lowest BCUT2D eigenvalue weighted by Gasteiger charge is -1.97. The summed E-state index contributed by atoms with van der Waals surface area (Å²) < 4.78 is 0. The summed E-state index contributed by atoms with van der Waals surface area (Å²) in [6.45, 7) is 0.178. The van der Waals surface area contributed by atoms with Gasteiger partial charge in [-0.15, -0.1) is 12.3 Å². The van der Waals surface area contributed by atoms with Crippen LogP contribution in [-0.4, -0.2) is 17.5 Å². The van der Waals surface area contributed by atoms with Crippen LogP contribution in [0.15, 0.2) is 0 Å². The molecular weight excluding hydrogens is 152 g/mol. The van der Waals surface area contributed by atoms with Gasteiger partial charge in [0.05, 0.1) is 0 Å². The third-order valence-corrected chi connectivity index (χ3v) is 1.64. The summed E-state index contributed by atoms with van der Waals surface area (Å²) in [7, 11) is 0. The molecule has 0 fully saturated rings. The first-order valence-electron chi connectivity index (χ1n) is 4.37. The number of aliphatic hydroxyl groups is 1. The Hall–Kier alpha value is -0.810. The molecule has 0 saturated heterocycles. The molecule has 0 amide bonds. The number of aliphatic hydroxyl groups excluding tert-OH is 1. The maximum Gasteiger partial charge on any atom is 0.132 e. The largest absolute Gasteiger partial charge is 0.396 e. The van der Waals surface area contributed by atoms with Crippen LogP contribution in [-0.2, 0) is 4.79 Å². The predicted octanol–water partition coefficient (Wildman–Crippen LogP) is 1.52. The Morgan fingerprint density at radius 2 is 1.92 bits per heavy atom. The lowest BCUT2D eigenvalue weighted by molar-refractivity contribution is -0.119. The molecule has 2 heteroatoms. The molecule has 0 saturated carbocycles. The molecule has 0 aromatic heterocycles. The summed E-state index contributed by atoms with van der Waals surface area (Å²) in [6.07, 6.45) is 9.23. The molecule has 0 heterocycles. The van der Waals surface area contributed by atoms with Gasteiger partial charge >= 0.3 is 0 Å². The summed E-state index contributed by atoms with van der Waals surface area (Å²) >= 11 is 0. The number of hydrogen-bond acceptors (Lipinski definition) is 2. The number of Topliss-reactive ketones (excluding diaryl/α,β-unsaturated/α-hetero) is 1. The second-order valence-electron chi connectivity index (χ2n) is 2.78. The molecule has 0 unspecified atom stereocenters. The highest BCUT2D eigenvalue weighted by atomic mass is 16.2. The monoisotopic (exact) mass is 168 g/mol. The summed E-state index contributed by atoms with van der Waals surface area (Å²) in [5, 5.41) is 8.46. The number of carbonyl (C=O) groups excluding carboxylic acids is 1. The third kappa shape index (κ3) is 7.30. The van der Waals surface area contributed by atoms with E-state index in [2.05, 4.69) is 5.92 Å². The maximum absolute atomic E-state index is 11.0. The lowest BCUT2D eigenvalue weighted by Crippen LogP contribution is -1.97. The van der Waals surface area contributed by atoms with Crippen LogP contribution < -0.4 is 0 Å². The molecule has 0 atom stereocenters. The summed E-state index contributed by atoms with van der Waals surface area (Å²) in [5.74, 6) is 2.76. The van der Waals surface area contributed by atoms with Crippen molar-refractivity contribution in [2.75, 3.05) is 6.61 Å². The molecule has 0 aliphatic heterocycles. The molecule has 0 aromatic rings. The van der Waals surface area contributed by atoms with Gasteiger partial charge in [0.25, 0.3) is 0 Å². The van der Waals surface area contributed by atoms with Crippen molar-refractivity contribution in [3.8, 4) is 12.3 Å². The lowest BCUT2D eigenvalue weighted by atomic mass is 10.1. The number of unbranched alkanes of at least 4 members (excludes halogenated alkanes) is 2. The SMILES string of the molecule is C#CCCCC(=O)CCCCO. The van der Waals surface area contributed by atoms with Crippen molar-refractivity contribution in [3.05, 3.63) is 0 Å². The van der Waals surface area contributed by atoms with E-state index in [1.54, 1.807) is 0 Å². The van der Waals surface area contributed by atoms with Crippen molar-refractivity contribution in [2.24, 2.45) is 0 Å². The molecule has 0 aliphatic rings. The Bertz CT molecular complexity index is 156. The van der Waals surface area contributed by atoms with Crippen LogP contribution in [0.2, 0.25) is 0 Å². The molecule has 2 nitrogen and oxygen atoms in total. The highest BCUT2D eigenvalue weighted by molar-refractivity contribution is 5.78. The molecule has 0 radical (unpaired) electrons. The first-order valence-corrected chi connectivity index (χ1v) is 4.37. The quantitative estimate of drug-likeness (QED) is 0.462. The van der Waals surface area contributed by atoms with E-state index in [0.717, 1.165) is 19.3 Å². The molecule has 0 bridgehead atoms. The number of rotatable bonds is 7. The Morgan fingerprint density at radius 3 is 2.50 bits per heavy atom. The number of ketones is 1. The van der Waals surface area contributed by atoms with Crippen LogP contribution in [0, 0.1) is 12.3 Å². The summed E-state index contributed by atoms with van der Waals surface area (Å²) in [6, 6.07) is 0. The standard InChI is InChI=1S/C10H16O2/c1-2-3-4-7-10(12)8-5-6-9-11/h1,11H,3-9H2. The van der Waals surface area contributed by atoms with Gasteiger partial charge in [-0.25, -0.2) is 0 Å². The van der Waals surface area contributed by atoms with E-state index in [1.807, 2.05) is 0 Å². The smallest absolute Gasteiger partial charge is 0.132 e. The molecule has 68 valence electrons. The number of terminal acetylenes is 1. The van der Waals surface area contributed by atoms with E-state index < -0.39 is 0 Å². The van der Waals surface area contributed by atoms with Gasteiger partial charge in [-0.1, -0.05) is 0 Å². The molecule has 0 spiro atoms. The molecular formula is C10H16O2. The van der Waals surface area contributed by atoms with Crippen molar-refractivity contribution in [2.45, 2.75) is 38.5 Å². The predicted molar refractivity (Wildman–Crippen MR) is 48.6 cm³/mol. The Morgan fingerprint density at radius 1 is 1.25 bits per heavy atom. The highest BCUT2D eigenvalue weighted by Gasteiger charge is 1.99. The van der Waals surface area contributed by atoms with Gasteiger partial charge < -0.3 is 5.11 Å². The molecule has 0 aliphatic carbocycles. The van der Waals surface area contributed by atoms with Gasteiger partial charge in [0.2, 0.25) is 0 Å². The maximum atomic E-state index is 11.0. The molecule has 0 aromatic carbocycles. The van der Waals surface area contributed by atoms with Crippen LogP contribution in [0.4, 0.5) is 0 Å². The average Bonchev–Trinajstić information content (AvgIpc) is 2.06. The van der Waals surface area contributed by atoms with Gasteiger partial charge in [-0.05, 0) is 19.3 Å². The first kappa shape index (κ1) is 11.2. The van der Waals surface area contributed by atoms with Crippen molar-refractivity contribution in [3.63, 3.8) is 0 Å². The summed E-state index contributed by atoms with van der Waals surface area (Å²) in [5.41, 5.74) is 0. The third-order valence-electron chi connectivity index (χ3n) is 1.64. The van der Waals surface area contributed by atoms with Gasteiger partial charge in [0.15, 0.2) is 0 Å². The minimum atomic E-state index is 0.178. The van der Waals surface area contributed by atoms with E-state index in [1.165, 1.54) is 0 Å². The molecule has 12 heavy (non-hydrogen) atoms. The van der Waals surface area contributed by atoms with E-state index >= 15 is 0 Å². The van der Waals surface area contributed by atoms with Crippen LogP contribution in [0.1, 0.15) is 38.5 Å². The topological polar surface area (TPSA) is 37.3 Å². The van der Waals surface area contributed by atoms with E-state index in [0.29, 0.717) is 19.3 Å². The van der Waals surface area contributed by atoms with Crippen LogP contribution in [0.5, 0.6) is 0 Å². The fraction of sp³-hybridized carbons (Fsp3) is 0.700. The van der Waals surface area contributed by atoms with Gasteiger partial charge in [-0.2, -0.15) is 0 Å². The Balaban J connectivity index is 3.17. The minimum Gasteiger partial charge on any atom is -0.396 e. The van der Waals surface area contributed by atoms with E-state index in [4.69, 9.17) is 11.5 Å². The highest BCUT2D eigenvalue weighted by Crippen LogP contribution is 2.02. The number of carbonyl (C=O) groups is 1. The van der Waals surface area contributed by atoms with Crippen LogP contribution in [0.25, 0.3) is 0 Å². The Labute approximate surface area is 74.0 Å². The normalized spacial score (nSPS) is 9.33. The van der Waals surface area contributed by atoms with E-state index in [-0.39, 0.29) is 12.4 Å². The average molecular weight is 168 g/mol. The van der Waals surface area contributed by atoms with E-state index in [9.17, 15) is 4.79 Å². The van der Waals surface area contributed by atoms with Crippen molar-refractivity contribution in [1.29, 1.82) is 0 Å². The molecule has 1 N–H and O–H groups in total. The summed E-state index contributed by atoms with van der Waals surface area (Å²) in [4.78, 5) is 11.0. The van der Waals surface area contributed by atoms with Crippen molar-refractivity contribution >= 4 is 5.78 Å². The van der Waals surface area contributed by atoms with Crippen LogP contribution >= 0.6 is 0 Å². The zero-order chi connectivity index (χ0) is 9.23. The first-order chi connectivity index (χ1) is 5.81. The fourth-order valence-electron chi connectivity index (χ4n) is 0.947. The van der Waals surface area contributed by atoms with Gasteiger partial charge in [0.1, 0.15) is 5.78 Å². The number of hydrogen-bond donors (Lipinski definition) is 1.